The van der Waals surface area contributed by atoms with Gasteiger partial charge in [0.1, 0.15) is 0 Å². The van der Waals surface area contributed by atoms with Gasteiger partial charge in [0.25, 0.3) is 0 Å². The summed E-state index contributed by atoms with van der Waals surface area (Å²) in [6.07, 6.45) is 5.71. The number of rotatable bonds is 6. The zero-order valence-corrected chi connectivity index (χ0v) is 14.0. The Bertz CT molecular complexity index is 524. The van der Waals surface area contributed by atoms with Crippen molar-refractivity contribution in [3.8, 4) is 0 Å². The molecule has 0 bridgehead atoms. The summed E-state index contributed by atoms with van der Waals surface area (Å²) in [6, 6.07) is 7.96. The predicted octanol–water partition coefficient (Wildman–Crippen LogP) is 3.58. The maximum atomic E-state index is 12.1. The van der Waals surface area contributed by atoms with Gasteiger partial charge in [-0.1, -0.05) is 59.5 Å². The van der Waals surface area contributed by atoms with E-state index >= 15 is 0 Å². The van der Waals surface area contributed by atoms with Crippen LogP contribution >= 0.6 is 15.9 Å². The first-order valence-electron chi connectivity index (χ1n) is 7.20. The predicted molar refractivity (Wildman–Crippen MR) is 86.3 cm³/mol. The Kier molecular flexibility index (Phi) is 6.05. The van der Waals surface area contributed by atoms with E-state index in [2.05, 4.69) is 20.7 Å². The average Bonchev–Trinajstić information content (AvgIpc) is 2.46. The highest BCUT2D eigenvalue weighted by molar-refractivity contribution is 9.08. The summed E-state index contributed by atoms with van der Waals surface area (Å²) in [4.78, 5) is 0. The van der Waals surface area contributed by atoms with E-state index in [1.807, 2.05) is 24.3 Å². The van der Waals surface area contributed by atoms with E-state index in [-0.39, 0.29) is 5.75 Å². The fraction of sp³-hybridized carbons (Fsp3) is 0.600. The Morgan fingerprint density at radius 3 is 2.55 bits per heavy atom. The highest BCUT2D eigenvalue weighted by atomic mass is 79.9. The minimum atomic E-state index is -3.16. The lowest BCUT2D eigenvalue weighted by molar-refractivity contribution is 0.384. The van der Waals surface area contributed by atoms with Crippen molar-refractivity contribution in [2.24, 2.45) is 5.92 Å². The molecule has 0 aromatic heterocycles. The van der Waals surface area contributed by atoms with Gasteiger partial charge in [0.05, 0.1) is 5.75 Å². The maximum Gasteiger partial charge on any atom is 0.212 e. The number of hydrogen-bond donors (Lipinski definition) is 1. The maximum absolute atomic E-state index is 12.1. The van der Waals surface area contributed by atoms with Gasteiger partial charge in [-0.15, -0.1) is 0 Å². The Morgan fingerprint density at radius 1 is 1.15 bits per heavy atom. The molecule has 1 aromatic carbocycles. The van der Waals surface area contributed by atoms with Crippen molar-refractivity contribution in [2.45, 2.75) is 44.0 Å². The molecular formula is C15H22BrNO2S. The summed E-state index contributed by atoms with van der Waals surface area (Å²) in [5.74, 6) is 0.626. The molecule has 112 valence electrons. The summed E-state index contributed by atoms with van der Waals surface area (Å²) in [5, 5.41) is 0.787. The monoisotopic (exact) mass is 359 g/mol. The standard InChI is InChI=1S/C15H22BrNO2S/c16-10-14-7-4-8-15(9-14)11-17-20(18,19)12-13-5-2-1-3-6-13/h4,7-9,13,17H,1-3,5-6,10-12H2. The third kappa shape index (κ3) is 5.19. The molecule has 1 aliphatic carbocycles. The van der Waals surface area contributed by atoms with Gasteiger partial charge in [-0.05, 0) is 29.9 Å². The molecule has 1 N–H and O–H groups in total. The summed E-state index contributed by atoms with van der Waals surface area (Å²) in [5.41, 5.74) is 2.17. The number of sulfonamides is 1. The Labute approximate surface area is 130 Å². The fourth-order valence-electron chi connectivity index (χ4n) is 2.74. The van der Waals surface area contributed by atoms with Crippen LogP contribution in [-0.2, 0) is 21.9 Å². The van der Waals surface area contributed by atoms with Crippen molar-refractivity contribution >= 4 is 26.0 Å². The molecule has 1 aromatic rings. The molecule has 0 unspecified atom stereocenters. The van der Waals surface area contributed by atoms with Gasteiger partial charge >= 0.3 is 0 Å². The molecule has 0 saturated heterocycles. The SMILES string of the molecule is O=S(=O)(CC1CCCCC1)NCc1cccc(CBr)c1. The summed E-state index contributed by atoms with van der Waals surface area (Å²) < 4.78 is 26.9. The largest absolute Gasteiger partial charge is 0.212 e. The van der Waals surface area contributed by atoms with Crippen molar-refractivity contribution in [3.05, 3.63) is 35.4 Å². The topological polar surface area (TPSA) is 46.2 Å². The van der Waals surface area contributed by atoms with E-state index in [9.17, 15) is 8.42 Å². The molecular weight excluding hydrogens is 338 g/mol. The molecule has 1 saturated carbocycles. The van der Waals surface area contributed by atoms with Crippen molar-refractivity contribution in [3.63, 3.8) is 0 Å². The summed E-state index contributed by atoms with van der Waals surface area (Å²) in [6.45, 7) is 0.385. The number of alkyl halides is 1. The van der Waals surface area contributed by atoms with E-state index in [0.29, 0.717) is 12.5 Å². The molecule has 2 rings (SSSR count). The van der Waals surface area contributed by atoms with Crippen molar-refractivity contribution < 1.29 is 8.42 Å². The molecule has 0 aliphatic heterocycles. The average molecular weight is 360 g/mol. The van der Waals surface area contributed by atoms with Crippen molar-refractivity contribution in [2.75, 3.05) is 5.75 Å². The van der Waals surface area contributed by atoms with E-state index < -0.39 is 10.0 Å². The molecule has 1 fully saturated rings. The molecule has 0 spiro atoms. The highest BCUT2D eigenvalue weighted by Crippen LogP contribution is 2.24. The van der Waals surface area contributed by atoms with E-state index in [1.54, 1.807) is 0 Å². The molecule has 1 aliphatic rings. The van der Waals surface area contributed by atoms with Gasteiger partial charge in [-0.2, -0.15) is 0 Å². The number of benzene rings is 1. The van der Waals surface area contributed by atoms with Gasteiger partial charge in [0.15, 0.2) is 0 Å². The molecule has 3 nitrogen and oxygen atoms in total. The first-order chi connectivity index (χ1) is 9.59. The van der Waals surface area contributed by atoms with E-state index in [4.69, 9.17) is 0 Å². The quantitative estimate of drug-likeness (QED) is 0.789. The molecule has 0 amide bonds. The van der Waals surface area contributed by atoms with Gasteiger partial charge < -0.3 is 0 Å². The van der Waals surface area contributed by atoms with Crippen LogP contribution in [0, 0.1) is 5.92 Å². The zero-order chi connectivity index (χ0) is 14.4. The second kappa shape index (κ2) is 7.57. The number of nitrogens with one attached hydrogen (secondary N) is 1. The first kappa shape index (κ1) is 16.0. The lowest BCUT2D eigenvalue weighted by Crippen LogP contribution is -2.30. The Hall–Kier alpha value is -0.390. The normalized spacial score (nSPS) is 17.2. The lowest BCUT2D eigenvalue weighted by atomic mass is 9.91. The summed E-state index contributed by atoms with van der Waals surface area (Å²) in [7, 11) is -3.16. The smallest absolute Gasteiger partial charge is 0.212 e. The van der Waals surface area contributed by atoms with Crippen LogP contribution < -0.4 is 4.72 Å². The molecule has 5 heteroatoms. The van der Waals surface area contributed by atoms with Gasteiger partial charge in [0.2, 0.25) is 10.0 Å². The van der Waals surface area contributed by atoms with E-state index in [0.717, 1.165) is 29.3 Å². The van der Waals surface area contributed by atoms with Crippen molar-refractivity contribution in [1.29, 1.82) is 0 Å². The fourth-order valence-corrected chi connectivity index (χ4v) is 4.55. The third-order valence-electron chi connectivity index (χ3n) is 3.82. The Balaban J connectivity index is 1.87. The molecule has 0 heterocycles. The van der Waals surface area contributed by atoms with Crippen LogP contribution in [0.5, 0.6) is 0 Å². The molecule has 20 heavy (non-hydrogen) atoms. The number of halogens is 1. The van der Waals surface area contributed by atoms with Gasteiger partial charge in [-0.3, -0.25) is 0 Å². The second-order valence-corrected chi connectivity index (χ2v) is 7.97. The van der Waals surface area contributed by atoms with Crippen molar-refractivity contribution in [1.82, 2.24) is 4.72 Å². The van der Waals surface area contributed by atoms with Crippen LogP contribution in [0.1, 0.15) is 43.2 Å². The minimum Gasteiger partial charge on any atom is -0.212 e. The van der Waals surface area contributed by atoms with Crippen LogP contribution in [0.25, 0.3) is 0 Å². The summed E-state index contributed by atoms with van der Waals surface area (Å²) >= 11 is 3.41. The van der Waals surface area contributed by atoms with Crippen LogP contribution in [0.15, 0.2) is 24.3 Å². The Morgan fingerprint density at radius 2 is 1.85 bits per heavy atom. The van der Waals surface area contributed by atoms with Crippen LogP contribution in [-0.4, -0.2) is 14.2 Å². The number of hydrogen-bond acceptors (Lipinski definition) is 2. The van der Waals surface area contributed by atoms with Crippen LogP contribution in [0.2, 0.25) is 0 Å². The van der Waals surface area contributed by atoms with Gasteiger partial charge in [0, 0.05) is 11.9 Å². The lowest BCUT2D eigenvalue weighted by Gasteiger charge is -2.21. The van der Waals surface area contributed by atoms with Gasteiger partial charge in [-0.25, -0.2) is 13.1 Å². The van der Waals surface area contributed by atoms with Crippen LogP contribution in [0.4, 0.5) is 0 Å². The second-order valence-electron chi connectivity index (χ2n) is 5.56. The molecule has 0 atom stereocenters. The van der Waals surface area contributed by atoms with E-state index in [1.165, 1.54) is 19.3 Å². The minimum absolute atomic E-state index is 0.283. The third-order valence-corrected chi connectivity index (χ3v) is 5.96. The molecule has 0 radical (unpaired) electrons. The van der Waals surface area contributed by atoms with Crippen LogP contribution in [0.3, 0.4) is 0 Å². The highest BCUT2D eigenvalue weighted by Gasteiger charge is 2.20. The zero-order valence-electron chi connectivity index (χ0n) is 11.6. The first-order valence-corrected chi connectivity index (χ1v) is 9.97.